The van der Waals surface area contributed by atoms with Crippen LogP contribution < -0.4 is 10.1 Å². The van der Waals surface area contributed by atoms with Crippen LogP contribution in [0.15, 0.2) is 42.7 Å². The SMILES string of the molecule is CC(C)(NC(=O)c1ccnnc1)c1ccc(OC(F)(F)F)cc1. The second-order valence-electron chi connectivity index (χ2n) is 5.28. The van der Waals surface area contributed by atoms with E-state index in [1.54, 1.807) is 13.8 Å². The second kappa shape index (κ2) is 6.23. The quantitative estimate of drug-likeness (QED) is 0.938. The van der Waals surface area contributed by atoms with E-state index in [1.165, 1.54) is 42.7 Å². The van der Waals surface area contributed by atoms with E-state index in [0.29, 0.717) is 11.1 Å². The highest BCUT2D eigenvalue weighted by Crippen LogP contribution is 2.26. The molecule has 0 saturated carbocycles. The first-order valence-electron chi connectivity index (χ1n) is 6.63. The molecule has 0 bridgehead atoms. The van der Waals surface area contributed by atoms with Gasteiger partial charge in [-0.25, -0.2) is 0 Å². The van der Waals surface area contributed by atoms with Crippen LogP contribution >= 0.6 is 0 Å². The molecule has 0 aliphatic rings. The maximum absolute atomic E-state index is 12.1. The smallest absolute Gasteiger partial charge is 0.406 e. The van der Waals surface area contributed by atoms with Gasteiger partial charge in [0, 0.05) is 0 Å². The summed E-state index contributed by atoms with van der Waals surface area (Å²) in [7, 11) is 0. The average molecular weight is 325 g/mol. The molecule has 2 aromatic rings. The Kier molecular flexibility index (Phi) is 4.53. The molecule has 0 fully saturated rings. The van der Waals surface area contributed by atoms with Crippen molar-refractivity contribution in [3.63, 3.8) is 0 Å². The minimum Gasteiger partial charge on any atom is -0.406 e. The van der Waals surface area contributed by atoms with Gasteiger partial charge in [0.25, 0.3) is 5.91 Å². The summed E-state index contributed by atoms with van der Waals surface area (Å²) >= 11 is 0. The molecular formula is C15H14F3N3O2. The molecule has 1 heterocycles. The Hall–Kier alpha value is -2.64. The van der Waals surface area contributed by atoms with Gasteiger partial charge in [-0.2, -0.15) is 10.2 Å². The molecule has 2 rings (SSSR count). The summed E-state index contributed by atoms with van der Waals surface area (Å²) in [6.45, 7) is 3.47. The molecule has 1 amide bonds. The summed E-state index contributed by atoms with van der Waals surface area (Å²) in [6.07, 6.45) is -2.02. The summed E-state index contributed by atoms with van der Waals surface area (Å²) in [4.78, 5) is 12.1. The number of benzene rings is 1. The van der Waals surface area contributed by atoms with Crippen molar-refractivity contribution < 1.29 is 22.7 Å². The number of carbonyl (C=O) groups is 1. The third-order valence-corrected chi connectivity index (χ3v) is 3.08. The van der Waals surface area contributed by atoms with Crippen LogP contribution in [0.25, 0.3) is 0 Å². The number of nitrogens with zero attached hydrogens (tertiary/aromatic N) is 2. The highest BCUT2D eigenvalue weighted by atomic mass is 19.4. The van der Waals surface area contributed by atoms with Gasteiger partial charge in [0.2, 0.25) is 0 Å². The number of rotatable bonds is 4. The van der Waals surface area contributed by atoms with Crippen molar-refractivity contribution in [3.05, 3.63) is 53.9 Å². The normalized spacial score (nSPS) is 11.9. The lowest BCUT2D eigenvalue weighted by Gasteiger charge is -2.27. The van der Waals surface area contributed by atoms with Crippen molar-refractivity contribution in [2.75, 3.05) is 0 Å². The maximum atomic E-state index is 12.1. The predicted molar refractivity (Wildman–Crippen MR) is 75.6 cm³/mol. The molecule has 1 aromatic carbocycles. The van der Waals surface area contributed by atoms with E-state index in [9.17, 15) is 18.0 Å². The summed E-state index contributed by atoms with van der Waals surface area (Å²) in [5.41, 5.74) is 0.171. The van der Waals surface area contributed by atoms with Crippen molar-refractivity contribution in [1.82, 2.24) is 15.5 Å². The largest absolute Gasteiger partial charge is 0.573 e. The van der Waals surface area contributed by atoms with Crippen LogP contribution in [0, 0.1) is 0 Å². The fraction of sp³-hybridized carbons (Fsp3) is 0.267. The van der Waals surface area contributed by atoms with Gasteiger partial charge in [-0.15, -0.1) is 13.2 Å². The standard InChI is InChI=1S/C15H14F3N3O2/c1-14(2,21-13(22)10-7-8-19-20-9-10)11-3-5-12(6-4-11)23-15(16,17)18/h3-9H,1-2H3,(H,21,22). The lowest BCUT2D eigenvalue weighted by molar-refractivity contribution is -0.274. The highest BCUT2D eigenvalue weighted by Gasteiger charge is 2.31. The van der Waals surface area contributed by atoms with Gasteiger partial charge in [0.05, 0.1) is 23.5 Å². The molecule has 0 aliphatic heterocycles. The number of aromatic nitrogens is 2. The highest BCUT2D eigenvalue weighted by molar-refractivity contribution is 5.94. The number of hydrogen-bond donors (Lipinski definition) is 1. The number of hydrogen-bond acceptors (Lipinski definition) is 4. The lowest BCUT2D eigenvalue weighted by atomic mass is 9.94. The Morgan fingerprint density at radius 2 is 1.74 bits per heavy atom. The summed E-state index contributed by atoms with van der Waals surface area (Å²) < 4.78 is 40.3. The number of carbonyl (C=O) groups excluding carboxylic acids is 1. The molecule has 0 unspecified atom stereocenters. The van der Waals surface area contributed by atoms with Gasteiger partial charge in [-0.3, -0.25) is 4.79 Å². The second-order valence-corrected chi connectivity index (χ2v) is 5.28. The zero-order valence-corrected chi connectivity index (χ0v) is 12.4. The van der Waals surface area contributed by atoms with E-state index in [0.717, 1.165) is 0 Å². The Balaban J connectivity index is 2.11. The lowest BCUT2D eigenvalue weighted by Crippen LogP contribution is -2.41. The van der Waals surface area contributed by atoms with E-state index in [1.807, 2.05) is 0 Å². The molecule has 1 N–H and O–H groups in total. The van der Waals surface area contributed by atoms with Crippen molar-refractivity contribution in [2.24, 2.45) is 0 Å². The van der Waals surface area contributed by atoms with Crippen LogP contribution in [-0.4, -0.2) is 22.5 Å². The van der Waals surface area contributed by atoms with Crippen molar-refractivity contribution >= 4 is 5.91 Å². The number of ether oxygens (including phenoxy) is 1. The zero-order valence-electron chi connectivity index (χ0n) is 12.4. The van der Waals surface area contributed by atoms with E-state index >= 15 is 0 Å². The summed E-state index contributed by atoms with van der Waals surface area (Å²) in [5.74, 6) is -0.678. The third-order valence-electron chi connectivity index (χ3n) is 3.08. The van der Waals surface area contributed by atoms with E-state index in [2.05, 4.69) is 20.3 Å². The maximum Gasteiger partial charge on any atom is 0.573 e. The molecule has 0 aliphatic carbocycles. The monoisotopic (exact) mass is 325 g/mol. The molecule has 0 atom stereocenters. The Morgan fingerprint density at radius 1 is 1.09 bits per heavy atom. The van der Waals surface area contributed by atoms with E-state index in [4.69, 9.17) is 0 Å². The fourth-order valence-corrected chi connectivity index (χ4v) is 1.93. The van der Waals surface area contributed by atoms with E-state index in [-0.39, 0.29) is 11.7 Å². The number of nitrogens with one attached hydrogen (secondary N) is 1. The average Bonchev–Trinajstić information content (AvgIpc) is 2.46. The number of alkyl halides is 3. The van der Waals surface area contributed by atoms with Gasteiger partial charge >= 0.3 is 6.36 Å². The molecule has 23 heavy (non-hydrogen) atoms. The molecular weight excluding hydrogens is 311 g/mol. The topological polar surface area (TPSA) is 64.1 Å². The number of amides is 1. The van der Waals surface area contributed by atoms with Crippen LogP contribution in [0.2, 0.25) is 0 Å². The van der Waals surface area contributed by atoms with Crippen LogP contribution in [-0.2, 0) is 5.54 Å². The molecule has 0 radical (unpaired) electrons. The Bertz CT molecular complexity index is 671. The summed E-state index contributed by atoms with van der Waals surface area (Å²) in [5, 5.41) is 9.99. The molecule has 8 heteroatoms. The van der Waals surface area contributed by atoms with Gasteiger partial charge < -0.3 is 10.1 Å². The van der Waals surface area contributed by atoms with E-state index < -0.39 is 11.9 Å². The molecule has 0 saturated heterocycles. The van der Waals surface area contributed by atoms with Gasteiger partial charge in [0.15, 0.2) is 0 Å². The fourth-order valence-electron chi connectivity index (χ4n) is 1.93. The Morgan fingerprint density at radius 3 is 2.26 bits per heavy atom. The van der Waals surface area contributed by atoms with Gasteiger partial charge in [-0.1, -0.05) is 12.1 Å². The molecule has 5 nitrogen and oxygen atoms in total. The first-order valence-corrected chi connectivity index (χ1v) is 6.63. The van der Waals surface area contributed by atoms with Crippen LogP contribution in [0.3, 0.4) is 0 Å². The Labute approximate surface area is 130 Å². The van der Waals surface area contributed by atoms with Crippen LogP contribution in [0.1, 0.15) is 29.8 Å². The molecule has 0 spiro atoms. The van der Waals surface area contributed by atoms with Gasteiger partial charge in [-0.05, 0) is 37.6 Å². The minimum atomic E-state index is -4.74. The predicted octanol–water partition coefficient (Wildman–Crippen LogP) is 3.04. The van der Waals surface area contributed by atoms with Crippen molar-refractivity contribution in [1.29, 1.82) is 0 Å². The minimum absolute atomic E-state index is 0.318. The van der Waals surface area contributed by atoms with Gasteiger partial charge in [0.1, 0.15) is 5.75 Å². The first kappa shape index (κ1) is 16.7. The third kappa shape index (κ3) is 4.67. The molecule has 122 valence electrons. The first-order chi connectivity index (χ1) is 10.7. The van der Waals surface area contributed by atoms with Crippen LogP contribution in [0.5, 0.6) is 5.75 Å². The van der Waals surface area contributed by atoms with Crippen molar-refractivity contribution in [2.45, 2.75) is 25.7 Å². The summed E-state index contributed by atoms with van der Waals surface area (Å²) in [6, 6.07) is 6.84. The van der Waals surface area contributed by atoms with Crippen LogP contribution in [0.4, 0.5) is 13.2 Å². The van der Waals surface area contributed by atoms with Crippen molar-refractivity contribution in [3.8, 4) is 5.75 Å². The zero-order chi connectivity index (χ0) is 17.1. The molecule has 1 aromatic heterocycles. The number of halogens is 3.